The molecule has 20 heavy (non-hydrogen) atoms. The van der Waals surface area contributed by atoms with E-state index in [1.54, 1.807) is 6.20 Å². The van der Waals surface area contributed by atoms with E-state index in [2.05, 4.69) is 31.5 Å². The van der Waals surface area contributed by atoms with Gasteiger partial charge in [-0.05, 0) is 30.3 Å². The Labute approximate surface area is 126 Å². The fourth-order valence-electron chi connectivity index (χ4n) is 1.70. The molecule has 2 N–H and O–H groups in total. The summed E-state index contributed by atoms with van der Waals surface area (Å²) in [6.07, 6.45) is 2.15. The van der Waals surface area contributed by atoms with Gasteiger partial charge in [-0.25, -0.2) is 0 Å². The highest BCUT2D eigenvalue weighted by Crippen LogP contribution is 2.15. The van der Waals surface area contributed by atoms with Gasteiger partial charge >= 0.3 is 0 Å². The van der Waals surface area contributed by atoms with Crippen LogP contribution in [-0.4, -0.2) is 17.4 Å². The summed E-state index contributed by atoms with van der Waals surface area (Å²) in [5, 5.41) is 6.05. The lowest BCUT2D eigenvalue weighted by Crippen LogP contribution is -2.25. The minimum absolute atomic E-state index is 0.0122. The lowest BCUT2D eigenvalue weighted by molar-refractivity contribution is -0.121. The zero-order chi connectivity index (χ0) is 14.2. The number of rotatable bonds is 6. The number of nitrogens with zero attached hydrogens (tertiary/aromatic N) is 1. The molecule has 0 bridgehead atoms. The topological polar surface area (TPSA) is 54.0 Å². The van der Waals surface area contributed by atoms with E-state index >= 15 is 0 Å². The van der Waals surface area contributed by atoms with E-state index in [1.807, 2.05) is 42.5 Å². The molecule has 0 saturated heterocycles. The van der Waals surface area contributed by atoms with Crippen molar-refractivity contribution in [3.05, 3.63) is 58.8 Å². The normalized spacial score (nSPS) is 10.1. The third-order valence-corrected chi connectivity index (χ3v) is 3.19. The molecule has 104 valence electrons. The van der Waals surface area contributed by atoms with Gasteiger partial charge in [-0.3, -0.25) is 9.78 Å². The van der Waals surface area contributed by atoms with Gasteiger partial charge in [0.15, 0.2) is 0 Å². The number of aromatic nitrogens is 1. The van der Waals surface area contributed by atoms with Crippen LogP contribution in [0.3, 0.4) is 0 Å². The van der Waals surface area contributed by atoms with Crippen LogP contribution in [-0.2, 0) is 11.3 Å². The summed E-state index contributed by atoms with van der Waals surface area (Å²) in [6.45, 7) is 1.07. The molecule has 2 aromatic rings. The minimum atomic E-state index is 0.0122. The average molecular weight is 334 g/mol. The number of halogens is 1. The van der Waals surface area contributed by atoms with Crippen molar-refractivity contribution in [2.24, 2.45) is 0 Å². The summed E-state index contributed by atoms with van der Waals surface area (Å²) in [6, 6.07) is 13.5. The molecule has 1 heterocycles. The van der Waals surface area contributed by atoms with Gasteiger partial charge in [0.25, 0.3) is 0 Å². The Hall–Kier alpha value is -1.88. The average Bonchev–Trinajstić information content (AvgIpc) is 2.46. The number of pyridine rings is 1. The number of anilines is 1. The predicted octanol–water partition coefficient (Wildman–Crippen LogP) is 2.96. The zero-order valence-electron chi connectivity index (χ0n) is 11.0. The van der Waals surface area contributed by atoms with Crippen LogP contribution in [0.25, 0.3) is 0 Å². The fraction of sp³-hybridized carbons (Fsp3) is 0.200. The molecule has 5 heteroatoms. The van der Waals surface area contributed by atoms with Crippen LogP contribution in [0.2, 0.25) is 0 Å². The summed E-state index contributed by atoms with van der Waals surface area (Å²) in [4.78, 5) is 15.8. The summed E-state index contributed by atoms with van der Waals surface area (Å²) in [5.74, 6) is 0.0122. The van der Waals surface area contributed by atoms with E-state index in [-0.39, 0.29) is 5.91 Å². The quantitative estimate of drug-likeness (QED) is 0.854. The highest BCUT2D eigenvalue weighted by Gasteiger charge is 2.01. The molecule has 0 radical (unpaired) electrons. The SMILES string of the molecule is O=C(CCNc1cccc(Br)c1)NCc1ccccn1. The van der Waals surface area contributed by atoms with E-state index in [0.29, 0.717) is 19.5 Å². The molecule has 0 aliphatic carbocycles. The van der Waals surface area contributed by atoms with E-state index in [1.165, 1.54) is 0 Å². The molecule has 1 amide bonds. The van der Waals surface area contributed by atoms with E-state index in [0.717, 1.165) is 15.9 Å². The first-order valence-corrected chi connectivity index (χ1v) is 7.19. The van der Waals surface area contributed by atoms with Gasteiger partial charge in [0.2, 0.25) is 5.91 Å². The van der Waals surface area contributed by atoms with Crippen molar-refractivity contribution in [1.82, 2.24) is 10.3 Å². The van der Waals surface area contributed by atoms with Gasteiger partial charge in [-0.15, -0.1) is 0 Å². The molecular formula is C15H16BrN3O. The molecule has 4 nitrogen and oxygen atoms in total. The van der Waals surface area contributed by atoms with Crippen molar-refractivity contribution < 1.29 is 4.79 Å². The van der Waals surface area contributed by atoms with Gasteiger partial charge in [0, 0.05) is 29.3 Å². The molecule has 0 fully saturated rings. The Bertz CT molecular complexity index is 560. The summed E-state index contributed by atoms with van der Waals surface area (Å²) >= 11 is 3.41. The van der Waals surface area contributed by atoms with Gasteiger partial charge in [0.05, 0.1) is 12.2 Å². The molecular weight excluding hydrogens is 318 g/mol. The van der Waals surface area contributed by atoms with Crippen LogP contribution in [0.15, 0.2) is 53.1 Å². The lowest BCUT2D eigenvalue weighted by Gasteiger charge is -2.07. The summed E-state index contributed by atoms with van der Waals surface area (Å²) in [5.41, 5.74) is 1.86. The number of hydrogen-bond donors (Lipinski definition) is 2. The number of carbonyl (C=O) groups is 1. The van der Waals surface area contributed by atoms with Crippen molar-refractivity contribution in [3.63, 3.8) is 0 Å². The molecule has 0 atom stereocenters. The maximum absolute atomic E-state index is 11.7. The van der Waals surface area contributed by atoms with E-state index in [4.69, 9.17) is 0 Å². The van der Waals surface area contributed by atoms with Crippen LogP contribution in [0, 0.1) is 0 Å². The maximum atomic E-state index is 11.7. The molecule has 0 aliphatic rings. The van der Waals surface area contributed by atoms with Crippen LogP contribution >= 0.6 is 15.9 Å². The van der Waals surface area contributed by atoms with Crippen molar-refractivity contribution in [1.29, 1.82) is 0 Å². The smallest absolute Gasteiger partial charge is 0.222 e. The highest BCUT2D eigenvalue weighted by atomic mass is 79.9. The second-order valence-electron chi connectivity index (χ2n) is 4.28. The van der Waals surface area contributed by atoms with Crippen LogP contribution < -0.4 is 10.6 Å². The number of hydrogen-bond acceptors (Lipinski definition) is 3. The first kappa shape index (κ1) is 14.5. The molecule has 0 saturated carbocycles. The Morgan fingerprint density at radius 1 is 1.20 bits per heavy atom. The molecule has 0 unspecified atom stereocenters. The zero-order valence-corrected chi connectivity index (χ0v) is 12.6. The van der Waals surface area contributed by atoms with Crippen molar-refractivity contribution in [2.75, 3.05) is 11.9 Å². The number of carbonyl (C=O) groups excluding carboxylic acids is 1. The highest BCUT2D eigenvalue weighted by molar-refractivity contribution is 9.10. The standard InChI is InChI=1S/C15H16BrN3O/c16-12-4-3-6-13(10-12)18-9-7-15(20)19-11-14-5-1-2-8-17-14/h1-6,8,10,18H,7,9,11H2,(H,19,20). The van der Waals surface area contributed by atoms with Crippen LogP contribution in [0.4, 0.5) is 5.69 Å². The molecule has 1 aromatic carbocycles. The molecule has 0 aliphatic heterocycles. The largest absolute Gasteiger partial charge is 0.384 e. The first-order valence-electron chi connectivity index (χ1n) is 6.40. The van der Waals surface area contributed by atoms with E-state index in [9.17, 15) is 4.79 Å². The Morgan fingerprint density at radius 2 is 2.10 bits per heavy atom. The van der Waals surface area contributed by atoms with Crippen molar-refractivity contribution in [3.8, 4) is 0 Å². The summed E-state index contributed by atoms with van der Waals surface area (Å²) in [7, 11) is 0. The number of nitrogens with one attached hydrogen (secondary N) is 2. The van der Waals surface area contributed by atoms with Gasteiger partial charge in [0.1, 0.15) is 0 Å². The van der Waals surface area contributed by atoms with Gasteiger partial charge < -0.3 is 10.6 Å². The number of amides is 1. The second-order valence-corrected chi connectivity index (χ2v) is 5.20. The second kappa shape index (κ2) is 7.65. The van der Waals surface area contributed by atoms with Gasteiger partial charge in [-0.2, -0.15) is 0 Å². The van der Waals surface area contributed by atoms with Gasteiger partial charge in [-0.1, -0.05) is 28.1 Å². The van der Waals surface area contributed by atoms with Crippen LogP contribution in [0.1, 0.15) is 12.1 Å². The molecule has 2 rings (SSSR count). The first-order chi connectivity index (χ1) is 9.74. The summed E-state index contributed by atoms with van der Waals surface area (Å²) < 4.78 is 1.02. The minimum Gasteiger partial charge on any atom is -0.384 e. The lowest BCUT2D eigenvalue weighted by atomic mass is 10.3. The maximum Gasteiger partial charge on any atom is 0.222 e. The fourth-order valence-corrected chi connectivity index (χ4v) is 2.10. The Kier molecular flexibility index (Phi) is 5.55. The number of benzene rings is 1. The third kappa shape index (κ3) is 5.01. The van der Waals surface area contributed by atoms with Crippen molar-refractivity contribution in [2.45, 2.75) is 13.0 Å². The molecule has 1 aromatic heterocycles. The van der Waals surface area contributed by atoms with Crippen LogP contribution in [0.5, 0.6) is 0 Å². The van der Waals surface area contributed by atoms with Crippen molar-refractivity contribution >= 4 is 27.5 Å². The third-order valence-electron chi connectivity index (χ3n) is 2.70. The predicted molar refractivity (Wildman–Crippen MR) is 83.3 cm³/mol. The monoisotopic (exact) mass is 333 g/mol. The molecule has 0 spiro atoms. The Morgan fingerprint density at radius 3 is 2.85 bits per heavy atom. The Balaban J connectivity index is 1.68. The van der Waals surface area contributed by atoms with E-state index < -0.39 is 0 Å².